The Morgan fingerprint density at radius 2 is 0.576 bits per heavy atom. The first-order chi connectivity index (χ1) is 45.2. The molecule has 7 nitrogen and oxygen atoms in total. The highest BCUT2D eigenvalue weighted by molar-refractivity contribution is 6.14. The summed E-state index contributed by atoms with van der Waals surface area (Å²) in [4.78, 5) is 19.2. The van der Waals surface area contributed by atoms with Gasteiger partial charge in [-0.05, 0) is 141 Å². The number of halogens is 3. The van der Waals surface area contributed by atoms with Gasteiger partial charge in [0.15, 0.2) is 0 Å². The van der Waals surface area contributed by atoms with Crippen LogP contribution >= 0.6 is 0 Å². The lowest BCUT2D eigenvalue weighted by Gasteiger charge is -2.21. The van der Waals surface area contributed by atoms with E-state index >= 15 is 13.2 Å². The van der Waals surface area contributed by atoms with Crippen molar-refractivity contribution in [2.24, 2.45) is 0 Å². The van der Waals surface area contributed by atoms with E-state index < -0.39 is 11.7 Å². The van der Waals surface area contributed by atoms with E-state index in [0.29, 0.717) is 11.4 Å². The molecule has 0 atom stereocenters. The second-order valence-corrected chi connectivity index (χ2v) is 22.8. The number of rotatable bonds is 11. The molecule has 0 unspecified atom stereocenters. The molecular weight excluding hydrogens is 1140 g/mol. The standard InChI is InChI=1S/C82H50F3N7/c83-82(84,85)71-24-14-13-23-65(71)70-50-81(92-78-47-58(62-35-39-89-74(43-62)54-19-9-3-10-20-54)27-31-68(78)69-32-28-59(48-79(69)92)63-36-40-90-75(44-63)55-21-11-4-12-22-55)80(49-64(70)51-86)91-76-45-56(60-33-37-87-72(41-60)52-15-5-1-6-16-52)25-29-66(76)67-30-26-57(46-77(67)91)61-34-38-88-73(42-61)53-17-7-2-8-18-53/h1-50H. The molecule has 0 saturated carbocycles. The van der Waals surface area contributed by atoms with Crippen molar-refractivity contribution < 1.29 is 13.2 Å². The molecule has 0 aliphatic heterocycles. The van der Waals surface area contributed by atoms with Gasteiger partial charge in [-0.3, -0.25) is 19.9 Å². The van der Waals surface area contributed by atoms with Gasteiger partial charge in [-0.15, -0.1) is 0 Å². The maximum atomic E-state index is 15.6. The van der Waals surface area contributed by atoms with Gasteiger partial charge in [-0.25, -0.2) is 0 Å². The fraction of sp³-hybridized carbons (Fsp3) is 0.0122. The first kappa shape index (κ1) is 55.0. The summed E-state index contributed by atoms with van der Waals surface area (Å²) in [5.74, 6) is 0. The van der Waals surface area contributed by atoms with Crippen molar-refractivity contribution >= 4 is 43.6 Å². The third-order valence-corrected chi connectivity index (χ3v) is 17.4. The number of benzene rings is 10. The zero-order chi connectivity index (χ0) is 61.9. The molecule has 0 spiro atoms. The van der Waals surface area contributed by atoms with Crippen LogP contribution in [0.5, 0.6) is 0 Å². The van der Waals surface area contributed by atoms with Gasteiger partial charge in [0.1, 0.15) is 0 Å². The van der Waals surface area contributed by atoms with E-state index in [4.69, 9.17) is 19.9 Å². The molecule has 0 N–H and O–H groups in total. The molecule has 0 bridgehead atoms. The number of aromatic nitrogens is 6. The summed E-state index contributed by atoms with van der Waals surface area (Å²) >= 11 is 0. The summed E-state index contributed by atoms with van der Waals surface area (Å²) in [6, 6.07) is 93.8. The molecule has 10 heteroatoms. The second-order valence-electron chi connectivity index (χ2n) is 22.8. The SMILES string of the molecule is N#Cc1cc(-n2c3cc(-c4ccnc(-c5ccccc5)c4)ccc3c3ccc(-c4ccnc(-c5ccccc5)c4)cc32)c(-n2c3cc(-c4ccnc(-c5ccccc5)c4)ccc3c3ccc(-c4ccnc(-c5ccccc5)c4)cc32)cc1-c1ccccc1C(F)(F)F. The fourth-order valence-corrected chi connectivity index (χ4v) is 13.0. The zero-order valence-corrected chi connectivity index (χ0v) is 49.1. The zero-order valence-electron chi connectivity index (χ0n) is 49.1. The highest BCUT2D eigenvalue weighted by Crippen LogP contribution is 2.46. The van der Waals surface area contributed by atoms with E-state index in [1.54, 1.807) is 18.2 Å². The van der Waals surface area contributed by atoms with Crippen molar-refractivity contribution in [2.45, 2.75) is 6.18 Å². The third-order valence-electron chi connectivity index (χ3n) is 17.4. The van der Waals surface area contributed by atoms with Gasteiger partial charge in [-0.1, -0.05) is 188 Å². The number of fused-ring (bicyclic) bond motifs is 6. The quantitative estimate of drug-likeness (QED) is 0.129. The first-order valence-electron chi connectivity index (χ1n) is 30.2. The molecule has 0 saturated heterocycles. The molecule has 16 aromatic rings. The fourth-order valence-electron chi connectivity index (χ4n) is 13.0. The van der Waals surface area contributed by atoms with Gasteiger partial charge < -0.3 is 9.13 Å². The minimum Gasteiger partial charge on any atom is -0.307 e. The van der Waals surface area contributed by atoms with Crippen LogP contribution in [0.4, 0.5) is 13.2 Å². The summed E-state index contributed by atoms with van der Waals surface area (Å²) in [5.41, 5.74) is 17.9. The van der Waals surface area contributed by atoms with Crippen LogP contribution in [0.15, 0.2) is 304 Å². The molecule has 0 aliphatic rings. The maximum Gasteiger partial charge on any atom is 0.417 e. The number of alkyl halides is 3. The van der Waals surface area contributed by atoms with Crippen LogP contribution in [0.2, 0.25) is 0 Å². The highest BCUT2D eigenvalue weighted by Gasteiger charge is 2.35. The molecule has 0 radical (unpaired) electrons. The van der Waals surface area contributed by atoms with E-state index in [9.17, 15) is 5.26 Å². The molecular formula is C82H50F3N7. The smallest absolute Gasteiger partial charge is 0.307 e. The maximum absolute atomic E-state index is 15.6. The average Bonchev–Trinajstić information content (AvgIpc) is 1.52. The Balaban J connectivity index is 1.03. The normalized spacial score (nSPS) is 11.6. The first-order valence-corrected chi connectivity index (χ1v) is 30.2. The monoisotopic (exact) mass is 1190 g/mol. The Kier molecular flexibility index (Phi) is 13.6. The van der Waals surface area contributed by atoms with Crippen molar-refractivity contribution in [3.8, 4) is 118 Å². The lowest BCUT2D eigenvalue weighted by Crippen LogP contribution is -2.09. The topological polar surface area (TPSA) is 85.2 Å². The molecule has 0 amide bonds. The molecule has 6 aromatic heterocycles. The van der Waals surface area contributed by atoms with Crippen molar-refractivity contribution in [2.75, 3.05) is 0 Å². The van der Waals surface area contributed by atoms with E-state index in [1.165, 1.54) is 12.1 Å². The average molecular weight is 1190 g/mol. The van der Waals surface area contributed by atoms with E-state index in [-0.39, 0.29) is 16.7 Å². The summed E-state index contributed by atoms with van der Waals surface area (Å²) in [5, 5.41) is 15.2. The van der Waals surface area contributed by atoms with Crippen LogP contribution in [-0.2, 0) is 6.18 Å². The number of pyridine rings is 4. The Labute approximate surface area is 527 Å². The van der Waals surface area contributed by atoms with Gasteiger partial charge >= 0.3 is 6.18 Å². The van der Waals surface area contributed by atoms with Gasteiger partial charge in [0.25, 0.3) is 0 Å². The van der Waals surface area contributed by atoms with Crippen LogP contribution < -0.4 is 0 Å². The third kappa shape index (κ3) is 9.91. The molecule has 0 fully saturated rings. The minimum atomic E-state index is -4.76. The van der Waals surface area contributed by atoms with E-state index in [2.05, 4.69) is 112 Å². The number of hydrogen-bond acceptors (Lipinski definition) is 5. The predicted molar refractivity (Wildman–Crippen MR) is 365 cm³/mol. The summed E-state index contributed by atoms with van der Waals surface area (Å²) in [6.07, 6.45) is 2.53. The summed E-state index contributed by atoms with van der Waals surface area (Å²) in [6.45, 7) is 0. The van der Waals surface area contributed by atoms with Gasteiger partial charge in [0.05, 0.1) is 73.4 Å². The van der Waals surface area contributed by atoms with Gasteiger partial charge in [0.2, 0.25) is 0 Å². The Morgan fingerprint density at radius 1 is 0.283 bits per heavy atom. The largest absolute Gasteiger partial charge is 0.417 e. The highest BCUT2D eigenvalue weighted by atomic mass is 19.4. The second kappa shape index (κ2) is 22.7. The molecule has 0 aliphatic carbocycles. The Morgan fingerprint density at radius 3 is 0.891 bits per heavy atom. The van der Waals surface area contributed by atoms with Crippen molar-refractivity contribution in [3.05, 3.63) is 315 Å². The van der Waals surface area contributed by atoms with E-state index in [1.807, 2.05) is 170 Å². The van der Waals surface area contributed by atoms with Crippen LogP contribution in [-0.4, -0.2) is 29.1 Å². The van der Waals surface area contributed by atoms with Gasteiger partial charge in [-0.2, -0.15) is 18.4 Å². The molecule has 16 rings (SSSR count). The number of nitriles is 1. The molecule has 10 aromatic carbocycles. The van der Waals surface area contributed by atoms with E-state index in [0.717, 1.165) is 139 Å². The Bertz CT molecular complexity index is 5300. The van der Waals surface area contributed by atoms with Crippen LogP contribution in [0, 0.1) is 11.3 Å². The van der Waals surface area contributed by atoms with Gasteiger partial charge in [0, 0.05) is 74.1 Å². The molecule has 92 heavy (non-hydrogen) atoms. The number of nitrogens with zero attached hydrogens (tertiary/aromatic N) is 7. The van der Waals surface area contributed by atoms with Crippen molar-refractivity contribution in [1.29, 1.82) is 5.26 Å². The summed E-state index contributed by atoms with van der Waals surface area (Å²) < 4.78 is 51.1. The predicted octanol–water partition coefficient (Wildman–Crippen LogP) is 21.4. The van der Waals surface area contributed by atoms with Crippen LogP contribution in [0.1, 0.15) is 11.1 Å². The van der Waals surface area contributed by atoms with Crippen molar-refractivity contribution in [3.63, 3.8) is 0 Å². The van der Waals surface area contributed by atoms with Crippen LogP contribution in [0.3, 0.4) is 0 Å². The minimum absolute atomic E-state index is 0.0589. The lowest BCUT2D eigenvalue weighted by atomic mass is 9.94. The summed E-state index contributed by atoms with van der Waals surface area (Å²) in [7, 11) is 0. The Hall–Kier alpha value is -12.3. The number of hydrogen-bond donors (Lipinski definition) is 0. The van der Waals surface area contributed by atoms with Crippen molar-refractivity contribution in [1.82, 2.24) is 29.1 Å². The van der Waals surface area contributed by atoms with Crippen LogP contribution in [0.25, 0.3) is 156 Å². The lowest BCUT2D eigenvalue weighted by molar-refractivity contribution is -0.137. The molecule has 434 valence electrons. The molecule has 6 heterocycles.